The molecule has 1 fully saturated rings. The molecule has 0 amide bonds. The van der Waals surface area contributed by atoms with Crippen LogP contribution >= 0.6 is 0 Å². The van der Waals surface area contributed by atoms with Crippen molar-refractivity contribution in [1.29, 1.82) is 0 Å². The molecule has 0 radical (unpaired) electrons. The van der Waals surface area contributed by atoms with Gasteiger partial charge in [0.05, 0.1) is 12.9 Å². The molecule has 3 N–H and O–H groups in total. The molecule has 1 aliphatic heterocycles. The number of hydrogen-bond donors (Lipinski definition) is 3. The second-order valence-corrected chi connectivity index (χ2v) is 5.33. The first-order valence-corrected chi connectivity index (χ1v) is 7.59. The lowest BCUT2D eigenvalue weighted by molar-refractivity contribution is -0.0703. The van der Waals surface area contributed by atoms with E-state index in [-0.39, 0.29) is 13.2 Å². The van der Waals surface area contributed by atoms with Gasteiger partial charge in [0.25, 0.3) is 0 Å². The molecule has 1 aliphatic rings. The second kappa shape index (κ2) is 10.2. The molecule has 5 heteroatoms. The zero-order valence-electron chi connectivity index (χ0n) is 12.3. The predicted molar refractivity (Wildman–Crippen MR) is 76.2 cm³/mol. The van der Waals surface area contributed by atoms with Crippen LogP contribution in [0.3, 0.4) is 0 Å². The SMILES string of the molecule is CCCCCCC/C=C/OC[C@H](O)[C@@H]1OC[C@@H](O)[C@@H]1O. The highest BCUT2D eigenvalue weighted by Gasteiger charge is 2.39. The highest BCUT2D eigenvalue weighted by Crippen LogP contribution is 2.17. The zero-order chi connectivity index (χ0) is 14.8. The number of aliphatic hydroxyl groups is 3. The Labute approximate surface area is 121 Å². The van der Waals surface area contributed by atoms with Gasteiger partial charge in [-0.15, -0.1) is 0 Å². The van der Waals surface area contributed by atoms with Crippen molar-refractivity contribution in [3.63, 3.8) is 0 Å². The fourth-order valence-corrected chi connectivity index (χ4v) is 2.22. The first-order valence-electron chi connectivity index (χ1n) is 7.59. The van der Waals surface area contributed by atoms with E-state index in [0.717, 1.165) is 12.8 Å². The van der Waals surface area contributed by atoms with Crippen LogP contribution in [-0.2, 0) is 9.47 Å². The molecule has 0 spiro atoms. The zero-order valence-corrected chi connectivity index (χ0v) is 12.3. The molecule has 1 heterocycles. The van der Waals surface area contributed by atoms with Crippen LogP contribution in [0.25, 0.3) is 0 Å². The van der Waals surface area contributed by atoms with Crippen molar-refractivity contribution in [1.82, 2.24) is 0 Å². The van der Waals surface area contributed by atoms with Gasteiger partial charge in [-0.2, -0.15) is 0 Å². The summed E-state index contributed by atoms with van der Waals surface area (Å²) in [7, 11) is 0. The van der Waals surface area contributed by atoms with Crippen molar-refractivity contribution in [2.45, 2.75) is 69.9 Å². The summed E-state index contributed by atoms with van der Waals surface area (Å²) in [4.78, 5) is 0. The van der Waals surface area contributed by atoms with Gasteiger partial charge in [-0.05, 0) is 18.9 Å². The molecule has 0 aromatic carbocycles. The minimum Gasteiger partial charge on any atom is -0.499 e. The number of rotatable bonds is 10. The fourth-order valence-electron chi connectivity index (χ4n) is 2.22. The summed E-state index contributed by atoms with van der Waals surface area (Å²) >= 11 is 0. The molecule has 1 rings (SSSR count). The van der Waals surface area contributed by atoms with E-state index < -0.39 is 24.4 Å². The average molecular weight is 288 g/mol. The largest absolute Gasteiger partial charge is 0.499 e. The third-order valence-corrected chi connectivity index (χ3v) is 3.50. The molecular formula is C15H28O5. The Kier molecular flexibility index (Phi) is 8.85. The summed E-state index contributed by atoms with van der Waals surface area (Å²) in [5.74, 6) is 0. The number of aliphatic hydroxyl groups excluding tert-OH is 3. The van der Waals surface area contributed by atoms with Gasteiger partial charge < -0.3 is 24.8 Å². The van der Waals surface area contributed by atoms with Gasteiger partial charge in [0.15, 0.2) is 0 Å². The molecule has 5 nitrogen and oxygen atoms in total. The summed E-state index contributed by atoms with van der Waals surface area (Å²) in [5, 5.41) is 28.7. The minimum atomic E-state index is -1.05. The van der Waals surface area contributed by atoms with E-state index in [9.17, 15) is 15.3 Å². The van der Waals surface area contributed by atoms with Crippen LogP contribution in [0, 0.1) is 0 Å². The second-order valence-electron chi connectivity index (χ2n) is 5.33. The quantitative estimate of drug-likeness (QED) is 0.418. The van der Waals surface area contributed by atoms with E-state index in [1.54, 1.807) is 6.26 Å². The van der Waals surface area contributed by atoms with Crippen LogP contribution in [0.2, 0.25) is 0 Å². The molecular weight excluding hydrogens is 260 g/mol. The topological polar surface area (TPSA) is 79.2 Å². The molecule has 0 bridgehead atoms. The molecule has 0 aliphatic carbocycles. The molecule has 118 valence electrons. The maximum absolute atomic E-state index is 9.78. The van der Waals surface area contributed by atoms with Crippen molar-refractivity contribution >= 4 is 0 Å². The standard InChI is InChI=1S/C15H28O5/c1-2-3-4-5-6-7-8-9-19-10-13(17)15-14(18)12(16)11-20-15/h8-9,12-18H,2-7,10-11H2,1H3/b9-8+/t12-,13+,14+,15+/m1/s1. The van der Waals surface area contributed by atoms with Crippen LogP contribution in [0.1, 0.15) is 45.4 Å². The number of hydrogen-bond acceptors (Lipinski definition) is 5. The Morgan fingerprint density at radius 1 is 1.25 bits per heavy atom. The molecule has 0 aromatic rings. The predicted octanol–water partition coefficient (Wildman–Crippen LogP) is 1.36. The Balaban J connectivity index is 2.03. The lowest BCUT2D eigenvalue weighted by Gasteiger charge is -2.20. The van der Waals surface area contributed by atoms with E-state index in [0.29, 0.717) is 0 Å². The van der Waals surface area contributed by atoms with Crippen molar-refractivity contribution in [3.05, 3.63) is 12.3 Å². The van der Waals surface area contributed by atoms with E-state index in [1.165, 1.54) is 25.7 Å². The number of unbranched alkanes of at least 4 members (excludes halogenated alkanes) is 5. The third-order valence-electron chi connectivity index (χ3n) is 3.50. The first-order chi connectivity index (χ1) is 9.66. The third kappa shape index (κ3) is 6.22. The molecule has 0 saturated carbocycles. The van der Waals surface area contributed by atoms with Crippen LogP contribution in [0.15, 0.2) is 12.3 Å². The highest BCUT2D eigenvalue weighted by atomic mass is 16.5. The van der Waals surface area contributed by atoms with Crippen LogP contribution in [0.4, 0.5) is 0 Å². The smallest absolute Gasteiger partial charge is 0.117 e. The summed E-state index contributed by atoms with van der Waals surface area (Å²) in [5.41, 5.74) is 0. The number of ether oxygens (including phenoxy) is 2. The van der Waals surface area contributed by atoms with E-state index in [2.05, 4.69) is 6.92 Å². The Morgan fingerprint density at radius 3 is 2.65 bits per heavy atom. The minimum absolute atomic E-state index is 0.0521. The van der Waals surface area contributed by atoms with Gasteiger partial charge in [-0.1, -0.05) is 32.6 Å². The molecule has 1 saturated heterocycles. The maximum atomic E-state index is 9.78. The first kappa shape index (κ1) is 17.4. The molecule has 0 unspecified atom stereocenters. The van der Waals surface area contributed by atoms with Gasteiger partial charge in [-0.3, -0.25) is 0 Å². The Morgan fingerprint density at radius 2 is 2.00 bits per heavy atom. The van der Waals surface area contributed by atoms with Gasteiger partial charge >= 0.3 is 0 Å². The summed E-state index contributed by atoms with van der Waals surface area (Å²) in [6, 6.07) is 0. The van der Waals surface area contributed by atoms with Crippen molar-refractivity contribution in [2.24, 2.45) is 0 Å². The average Bonchev–Trinajstić information content (AvgIpc) is 2.77. The van der Waals surface area contributed by atoms with Crippen LogP contribution in [0.5, 0.6) is 0 Å². The van der Waals surface area contributed by atoms with E-state index in [1.807, 2.05) is 6.08 Å². The molecule has 20 heavy (non-hydrogen) atoms. The van der Waals surface area contributed by atoms with E-state index >= 15 is 0 Å². The normalized spacial score (nSPS) is 28.1. The lowest BCUT2D eigenvalue weighted by atomic mass is 10.1. The van der Waals surface area contributed by atoms with Crippen molar-refractivity contribution in [3.8, 4) is 0 Å². The summed E-state index contributed by atoms with van der Waals surface area (Å²) < 4.78 is 10.3. The Hall–Kier alpha value is -0.620. The summed E-state index contributed by atoms with van der Waals surface area (Å²) in [6.45, 7) is 2.31. The maximum Gasteiger partial charge on any atom is 0.117 e. The van der Waals surface area contributed by atoms with Gasteiger partial charge in [0, 0.05) is 0 Å². The van der Waals surface area contributed by atoms with Crippen molar-refractivity contribution < 1.29 is 24.8 Å². The lowest BCUT2D eigenvalue weighted by Crippen LogP contribution is -2.40. The van der Waals surface area contributed by atoms with Crippen LogP contribution < -0.4 is 0 Å². The Bertz CT molecular complexity index is 269. The fraction of sp³-hybridized carbons (Fsp3) is 0.867. The van der Waals surface area contributed by atoms with E-state index in [4.69, 9.17) is 9.47 Å². The van der Waals surface area contributed by atoms with Gasteiger partial charge in [0.2, 0.25) is 0 Å². The van der Waals surface area contributed by atoms with Crippen LogP contribution in [-0.4, -0.2) is 52.9 Å². The van der Waals surface area contributed by atoms with Gasteiger partial charge in [-0.25, -0.2) is 0 Å². The monoisotopic (exact) mass is 288 g/mol. The highest BCUT2D eigenvalue weighted by molar-refractivity contribution is 4.88. The number of allylic oxidation sites excluding steroid dienone is 1. The molecule has 0 aromatic heterocycles. The van der Waals surface area contributed by atoms with Gasteiger partial charge in [0.1, 0.15) is 31.0 Å². The summed E-state index contributed by atoms with van der Waals surface area (Å²) in [6.07, 6.45) is 7.04. The molecule has 4 atom stereocenters. The van der Waals surface area contributed by atoms with Crippen molar-refractivity contribution in [2.75, 3.05) is 13.2 Å².